The van der Waals surface area contributed by atoms with Gasteiger partial charge < -0.3 is 4.74 Å². The normalized spacial score (nSPS) is 10.7. The summed E-state index contributed by atoms with van der Waals surface area (Å²) in [5.74, 6) is -0.330. The summed E-state index contributed by atoms with van der Waals surface area (Å²) < 4.78 is 39.9. The molecule has 9 heteroatoms. The Morgan fingerprint density at radius 2 is 1.55 bits per heavy atom. The molecule has 0 saturated heterocycles. The summed E-state index contributed by atoms with van der Waals surface area (Å²) in [5.41, 5.74) is 4.35. The fraction of sp³-hybridized carbons (Fsp3) is 0.350. The summed E-state index contributed by atoms with van der Waals surface area (Å²) in [5, 5.41) is 14.7. The molecule has 1 N–H and O–H groups in total. The second-order valence-electron chi connectivity index (χ2n) is 5.39. The number of anilines is 1. The topological polar surface area (TPSA) is 76.8 Å². The predicted octanol–water partition coefficient (Wildman–Crippen LogP) is 6.77. The number of hydrogen-bond acceptors (Lipinski definition) is 5. The first kappa shape index (κ1) is 25.9. The van der Waals surface area contributed by atoms with Gasteiger partial charge in [0.15, 0.2) is 0 Å². The van der Waals surface area contributed by atoms with E-state index in [2.05, 4.69) is 29.1 Å². The molecule has 2 aromatic rings. The Hall–Kier alpha value is -3.10. The molecule has 0 spiro atoms. The van der Waals surface area contributed by atoms with Crippen molar-refractivity contribution in [3.8, 4) is 5.75 Å². The highest BCUT2D eigenvalue weighted by Gasteiger charge is 2.30. The molecule has 2 rings (SSSR count). The average Bonchev–Trinajstić information content (AvgIpc) is 2.68. The standard InChI is InChI=1S/C15H12F3N3O3.C3H8.C2H6/c1-10(11-2-6-13(7-3-11)21(22)23)19-20-12-4-8-14(9-5-12)24-15(16,17)18;1-3-2;1-2/h2-9,20H,1H3;3H2,1-2H3;1-2H3/b19-10+;;. The van der Waals surface area contributed by atoms with Gasteiger partial charge in [0.05, 0.1) is 16.3 Å². The molecule has 0 aliphatic rings. The molecule has 0 fully saturated rings. The largest absolute Gasteiger partial charge is 0.573 e. The number of hydrogen-bond donors (Lipinski definition) is 1. The van der Waals surface area contributed by atoms with Crippen LogP contribution in [0, 0.1) is 10.1 Å². The van der Waals surface area contributed by atoms with Crippen LogP contribution in [0.3, 0.4) is 0 Å². The van der Waals surface area contributed by atoms with Crippen LogP contribution in [0.15, 0.2) is 53.6 Å². The van der Waals surface area contributed by atoms with Gasteiger partial charge in [0, 0.05) is 12.1 Å². The van der Waals surface area contributed by atoms with Crippen molar-refractivity contribution in [2.75, 3.05) is 5.43 Å². The third-order valence-electron chi connectivity index (χ3n) is 2.94. The lowest BCUT2D eigenvalue weighted by atomic mass is 10.1. The van der Waals surface area contributed by atoms with Crippen molar-refractivity contribution in [1.29, 1.82) is 0 Å². The first-order chi connectivity index (χ1) is 13.7. The van der Waals surface area contributed by atoms with Crippen LogP contribution in [0.25, 0.3) is 0 Å². The number of ether oxygens (including phenoxy) is 1. The van der Waals surface area contributed by atoms with Crippen molar-refractivity contribution in [3.05, 3.63) is 64.2 Å². The molecule has 0 aromatic heterocycles. The van der Waals surface area contributed by atoms with Crippen molar-refractivity contribution in [2.45, 2.75) is 47.4 Å². The fourth-order valence-corrected chi connectivity index (χ4v) is 1.77. The van der Waals surface area contributed by atoms with Gasteiger partial charge in [-0.25, -0.2) is 0 Å². The number of benzene rings is 2. The van der Waals surface area contributed by atoms with E-state index in [1.807, 2.05) is 13.8 Å². The highest BCUT2D eigenvalue weighted by atomic mass is 19.4. The maximum atomic E-state index is 12.1. The molecular formula is C20H26F3N3O3. The first-order valence-corrected chi connectivity index (χ1v) is 9.07. The van der Waals surface area contributed by atoms with E-state index in [0.29, 0.717) is 17.0 Å². The molecule has 0 saturated carbocycles. The van der Waals surface area contributed by atoms with Gasteiger partial charge in [0.25, 0.3) is 5.69 Å². The zero-order chi connectivity index (χ0) is 22.4. The number of halogens is 3. The van der Waals surface area contributed by atoms with Gasteiger partial charge in [-0.05, 0) is 48.9 Å². The highest BCUT2D eigenvalue weighted by molar-refractivity contribution is 5.99. The molecule has 0 unspecified atom stereocenters. The van der Waals surface area contributed by atoms with Crippen molar-refractivity contribution >= 4 is 17.1 Å². The Morgan fingerprint density at radius 3 is 1.97 bits per heavy atom. The lowest BCUT2D eigenvalue weighted by Crippen LogP contribution is -2.16. The summed E-state index contributed by atoms with van der Waals surface area (Å²) in [6.07, 6.45) is -3.49. The van der Waals surface area contributed by atoms with Gasteiger partial charge in [-0.2, -0.15) is 5.10 Å². The number of alkyl halides is 3. The minimum Gasteiger partial charge on any atom is -0.406 e. The molecule has 0 amide bonds. The zero-order valence-electron chi connectivity index (χ0n) is 17.1. The van der Waals surface area contributed by atoms with Crippen molar-refractivity contribution in [2.24, 2.45) is 5.10 Å². The van der Waals surface area contributed by atoms with E-state index in [-0.39, 0.29) is 11.4 Å². The minimum absolute atomic E-state index is 0.0280. The number of nitro groups is 1. The van der Waals surface area contributed by atoms with Gasteiger partial charge in [-0.3, -0.25) is 15.5 Å². The van der Waals surface area contributed by atoms with Crippen LogP contribution in [0.2, 0.25) is 0 Å². The summed E-state index contributed by atoms with van der Waals surface area (Å²) in [6.45, 7) is 9.94. The lowest BCUT2D eigenvalue weighted by molar-refractivity contribution is -0.384. The first-order valence-electron chi connectivity index (χ1n) is 9.07. The van der Waals surface area contributed by atoms with Crippen LogP contribution < -0.4 is 10.2 Å². The number of rotatable bonds is 5. The van der Waals surface area contributed by atoms with Crippen LogP contribution in [0.4, 0.5) is 24.5 Å². The minimum atomic E-state index is -4.74. The van der Waals surface area contributed by atoms with Gasteiger partial charge in [-0.15, -0.1) is 13.2 Å². The van der Waals surface area contributed by atoms with E-state index < -0.39 is 11.3 Å². The Bertz CT molecular complexity index is 759. The lowest BCUT2D eigenvalue weighted by Gasteiger charge is -2.09. The van der Waals surface area contributed by atoms with Crippen LogP contribution in [-0.4, -0.2) is 17.0 Å². The molecule has 0 bridgehead atoms. The Morgan fingerprint density at radius 1 is 1.07 bits per heavy atom. The molecule has 0 radical (unpaired) electrons. The van der Waals surface area contributed by atoms with E-state index in [9.17, 15) is 23.3 Å². The third-order valence-corrected chi connectivity index (χ3v) is 2.94. The Kier molecular flexibility index (Phi) is 11.7. The fourth-order valence-electron chi connectivity index (χ4n) is 1.77. The quantitative estimate of drug-likeness (QED) is 0.333. The van der Waals surface area contributed by atoms with Crippen molar-refractivity contribution < 1.29 is 22.8 Å². The summed E-state index contributed by atoms with van der Waals surface area (Å²) in [4.78, 5) is 10.1. The SMILES string of the molecule is C/C(=N\Nc1ccc(OC(F)(F)F)cc1)c1ccc([N+](=O)[O-])cc1.CC.CCC. The van der Waals surface area contributed by atoms with Gasteiger partial charge in [0.1, 0.15) is 5.75 Å². The highest BCUT2D eigenvalue weighted by Crippen LogP contribution is 2.24. The molecule has 2 aromatic carbocycles. The maximum absolute atomic E-state index is 12.1. The molecule has 0 aliphatic carbocycles. The molecule has 29 heavy (non-hydrogen) atoms. The monoisotopic (exact) mass is 413 g/mol. The summed E-state index contributed by atoms with van der Waals surface area (Å²) >= 11 is 0. The molecule has 0 atom stereocenters. The molecular weight excluding hydrogens is 387 g/mol. The smallest absolute Gasteiger partial charge is 0.406 e. The summed E-state index contributed by atoms with van der Waals surface area (Å²) in [6, 6.07) is 10.9. The Balaban J connectivity index is 0.00000143. The second-order valence-corrected chi connectivity index (χ2v) is 5.39. The third kappa shape index (κ3) is 10.7. The van der Waals surface area contributed by atoms with E-state index in [4.69, 9.17) is 0 Å². The van der Waals surface area contributed by atoms with Crippen LogP contribution >= 0.6 is 0 Å². The molecule has 160 valence electrons. The van der Waals surface area contributed by atoms with Crippen molar-refractivity contribution in [1.82, 2.24) is 0 Å². The van der Waals surface area contributed by atoms with Crippen molar-refractivity contribution in [3.63, 3.8) is 0 Å². The summed E-state index contributed by atoms with van der Waals surface area (Å²) in [7, 11) is 0. The van der Waals surface area contributed by atoms with E-state index in [1.54, 1.807) is 19.1 Å². The predicted molar refractivity (Wildman–Crippen MR) is 109 cm³/mol. The Labute approximate surface area is 168 Å². The number of nitrogens with zero attached hydrogens (tertiary/aromatic N) is 2. The molecule has 0 heterocycles. The van der Waals surface area contributed by atoms with Crippen LogP contribution in [0.5, 0.6) is 5.75 Å². The number of nitrogens with one attached hydrogen (secondary N) is 1. The van der Waals surface area contributed by atoms with E-state index in [1.165, 1.54) is 30.7 Å². The van der Waals surface area contributed by atoms with E-state index in [0.717, 1.165) is 12.1 Å². The maximum Gasteiger partial charge on any atom is 0.573 e. The van der Waals surface area contributed by atoms with Crippen LogP contribution in [0.1, 0.15) is 46.6 Å². The van der Waals surface area contributed by atoms with E-state index >= 15 is 0 Å². The number of nitro benzene ring substituents is 1. The molecule has 0 aliphatic heterocycles. The average molecular weight is 413 g/mol. The zero-order valence-corrected chi connectivity index (χ0v) is 17.1. The van der Waals surface area contributed by atoms with Gasteiger partial charge in [-0.1, -0.05) is 34.1 Å². The van der Waals surface area contributed by atoms with Gasteiger partial charge in [0.2, 0.25) is 0 Å². The van der Waals surface area contributed by atoms with Gasteiger partial charge >= 0.3 is 6.36 Å². The second kappa shape index (κ2) is 13.1. The number of hydrazone groups is 1. The number of non-ortho nitro benzene ring substituents is 1. The molecule has 6 nitrogen and oxygen atoms in total. The van der Waals surface area contributed by atoms with Crippen LogP contribution in [-0.2, 0) is 0 Å².